The lowest BCUT2D eigenvalue weighted by Crippen LogP contribution is -2.13. The number of nitrogens with one attached hydrogen (secondary N) is 1. The summed E-state index contributed by atoms with van der Waals surface area (Å²) in [6.45, 7) is 1.99. The maximum Gasteiger partial charge on any atom is 0.258 e. The standard InChI is InChI=1S/C21H15FN2O2/c1-13-9-10-19-18(11-13)24-21(26-19)14-5-4-6-15(12-14)23-20(25)16-7-2-3-8-17(16)22/h2-12H,1H3,(H,23,25). The minimum Gasteiger partial charge on any atom is -0.436 e. The molecule has 0 unspecified atom stereocenters. The molecule has 1 N–H and O–H groups in total. The average Bonchev–Trinajstić information content (AvgIpc) is 3.05. The van der Waals surface area contributed by atoms with E-state index in [0.717, 1.165) is 16.6 Å². The van der Waals surface area contributed by atoms with Crippen molar-refractivity contribution in [2.24, 2.45) is 0 Å². The Labute approximate surface area is 149 Å². The second-order valence-electron chi connectivity index (χ2n) is 6.00. The van der Waals surface area contributed by atoms with Crippen LogP contribution >= 0.6 is 0 Å². The van der Waals surface area contributed by atoms with E-state index in [9.17, 15) is 9.18 Å². The van der Waals surface area contributed by atoms with Crippen molar-refractivity contribution in [1.29, 1.82) is 0 Å². The zero-order valence-electron chi connectivity index (χ0n) is 14.0. The fraction of sp³-hybridized carbons (Fsp3) is 0.0476. The molecule has 0 radical (unpaired) electrons. The lowest BCUT2D eigenvalue weighted by atomic mass is 10.1. The predicted octanol–water partition coefficient (Wildman–Crippen LogP) is 5.19. The van der Waals surface area contributed by atoms with Crippen molar-refractivity contribution in [1.82, 2.24) is 4.98 Å². The zero-order valence-corrected chi connectivity index (χ0v) is 14.0. The number of carbonyl (C=O) groups is 1. The number of oxazole rings is 1. The minimum absolute atomic E-state index is 0.00441. The molecular formula is C21H15FN2O2. The lowest BCUT2D eigenvalue weighted by Gasteiger charge is -2.07. The van der Waals surface area contributed by atoms with Crippen LogP contribution in [0.4, 0.5) is 10.1 Å². The van der Waals surface area contributed by atoms with E-state index in [-0.39, 0.29) is 5.56 Å². The second kappa shape index (κ2) is 6.44. The van der Waals surface area contributed by atoms with E-state index >= 15 is 0 Å². The molecule has 4 nitrogen and oxygen atoms in total. The van der Waals surface area contributed by atoms with Crippen LogP contribution in [0.3, 0.4) is 0 Å². The molecule has 1 heterocycles. The first-order valence-corrected chi connectivity index (χ1v) is 8.14. The number of rotatable bonds is 3. The van der Waals surface area contributed by atoms with E-state index in [4.69, 9.17) is 4.42 Å². The fourth-order valence-electron chi connectivity index (χ4n) is 2.73. The van der Waals surface area contributed by atoms with E-state index in [2.05, 4.69) is 10.3 Å². The number of aromatic nitrogens is 1. The normalized spacial score (nSPS) is 10.8. The molecule has 4 rings (SSSR count). The van der Waals surface area contributed by atoms with Gasteiger partial charge in [-0.1, -0.05) is 24.3 Å². The van der Waals surface area contributed by atoms with Gasteiger partial charge in [0.15, 0.2) is 5.58 Å². The summed E-state index contributed by atoms with van der Waals surface area (Å²) in [5.41, 5.74) is 3.84. The Morgan fingerprint density at radius 3 is 2.73 bits per heavy atom. The Bertz CT molecular complexity index is 1120. The quantitative estimate of drug-likeness (QED) is 0.555. The Morgan fingerprint density at radius 2 is 1.88 bits per heavy atom. The SMILES string of the molecule is Cc1ccc2oc(-c3cccc(NC(=O)c4ccccc4F)c3)nc2c1. The van der Waals surface area contributed by atoms with Gasteiger partial charge in [0, 0.05) is 11.3 Å². The van der Waals surface area contributed by atoms with Crippen LogP contribution < -0.4 is 5.32 Å². The van der Waals surface area contributed by atoms with Crippen molar-refractivity contribution < 1.29 is 13.6 Å². The molecule has 26 heavy (non-hydrogen) atoms. The summed E-state index contributed by atoms with van der Waals surface area (Å²) in [6, 6.07) is 18.8. The van der Waals surface area contributed by atoms with Gasteiger partial charge >= 0.3 is 0 Å². The number of carbonyl (C=O) groups excluding carboxylic acids is 1. The number of nitrogens with zero attached hydrogens (tertiary/aromatic N) is 1. The molecule has 0 aliphatic heterocycles. The first-order valence-electron chi connectivity index (χ1n) is 8.14. The highest BCUT2D eigenvalue weighted by molar-refractivity contribution is 6.04. The van der Waals surface area contributed by atoms with E-state index in [1.54, 1.807) is 30.3 Å². The highest BCUT2D eigenvalue weighted by Gasteiger charge is 2.13. The van der Waals surface area contributed by atoms with Crippen molar-refractivity contribution in [3.63, 3.8) is 0 Å². The first-order chi connectivity index (χ1) is 12.6. The van der Waals surface area contributed by atoms with Crippen molar-refractivity contribution in [3.05, 3.63) is 83.7 Å². The Hall–Kier alpha value is -3.47. The van der Waals surface area contributed by atoms with Crippen LogP contribution in [0, 0.1) is 12.7 Å². The van der Waals surface area contributed by atoms with Gasteiger partial charge in [-0.25, -0.2) is 9.37 Å². The maximum atomic E-state index is 13.8. The third-order valence-electron chi connectivity index (χ3n) is 4.03. The Balaban J connectivity index is 1.64. The molecule has 0 spiro atoms. The predicted molar refractivity (Wildman–Crippen MR) is 98.5 cm³/mol. The van der Waals surface area contributed by atoms with Gasteiger partial charge in [-0.3, -0.25) is 4.79 Å². The maximum absolute atomic E-state index is 13.8. The molecule has 0 bridgehead atoms. The summed E-state index contributed by atoms with van der Waals surface area (Å²) < 4.78 is 19.5. The highest BCUT2D eigenvalue weighted by atomic mass is 19.1. The second-order valence-corrected chi connectivity index (χ2v) is 6.00. The number of benzene rings is 3. The van der Waals surface area contributed by atoms with Crippen molar-refractivity contribution >= 4 is 22.7 Å². The number of anilines is 1. The highest BCUT2D eigenvalue weighted by Crippen LogP contribution is 2.27. The Morgan fingerprint density at radius 1 is 1.04 bits per heavy atom. The van der Waals surface area contributed by atoms with Crippen LogP contribution in [-0.4, -0.2) is 10.9 Å². The number of aryl methyl sites for hydroxylation is 1. The van der Waals surface area contributed by atoms with Gasteiger partial charge < -0.3 is 9.73 Å². The number of hydrogen-bond donors (Lipinski definition) is 1. The number of hydrogen-bond acceptors (Lipinski definition) is 3. The van der Waals surface area contributed by atoms with Gasteiger partial charge in [-0.2, -0.15) is 0 Å². The van der Waals surface area contributed by atoms with Crippen LogP contribution in [-0.2, 0) is 0 Å². The average molecular weight is 346 g/mol. The summed E-state index contributed by atoms with van der Waals surface area (Å²) in [6.07, 6.45) is 0. The van der Waals surface area contributed by atoms with E-state index in [0.29, 0.717) is 17.2 Å². The van der Waals surface area contributed by atoms with E-state index in [1.807, 2.05) is 31.2 Å². The van der Waals surface area contributed by atoms with Gasteiger partial charge in [-0.05, 0) is 55.0 Å². The van der Waals surface area contributed by atoms with Gasteiger partial charge in [0.2, 0.25) is 5.89 Å². The van der Waals surface area contributed by atoms with Crippen LogP contribution in [0.2, 0.25) is 0 Å². The number of amides is 1. The molecule has 0 fully saturated rings. The molecule has 1 aromatic heterocycles. The van der Waals surface area contributed by atoms with Crippen molar-refractivity contribution in [3.8, 4) is 11.5 Å². The third-order valence-corrected chi connectivity index (χ3v) is 4.03. The largest absolute Gasteiger partial charge is 0.436 e. The van der Waals surface area contributed by atoms with Crippen LogP contribution in [0.15, 0.2) is 71.1 Å². The van der Waals surface area contributed by atoms with Crippen molar-refractivity contribution in [2.75, 3.05) is 5.32 Å². The summed E-state index contributed by atoms with van der Waals surface area (Å²) in [5, 5.41) is 2.70. The molecule has 1 amide bonds. The lowest BCUT2D eigenvalue weighted by molar-refractivity contribution is 0.102. The zero-order chi connectivity index (χ0) is 18.1. The van der Waals surface area contributed by atoms with E-state index < -0.39 is 11.7 Å². The molecule has 0 atom stereocenters. The van der Waals surface area contributed by atoms with Gasteiger partial charge in [0.25, 0.3) is 5.91 Å². The van der Waals surface area contributed by atoms with Gasteiger partial charge in [-0.15, -0.1) is 0 Å². The van der Waals surface area contributed by atoms with Gasteiger partial charge in [0.1, 0.15) is 11.3 Å². The fourth-order valence-corrected chi connectivity index (χ4v) is 2.73. The first kappa shape index (κ1) is 16.0. The summed E-state index contributed by atoms with van der Waals surface area (Å²) in [4.78, 5) is 16.8. The molecule has 0 saturated carbocycles. The minimum atomic E-state index is -0.560. The van der Waals surface area contributed by atoms with Crippen LogP contribution in [0.5, 0.6) is 0 Å². The van der Waals surface area contributed by atoms with Crippen LogP contribution in [0.1, 0.15) is 15.9 Å². The summed E-state index contributed by atoms with van der Waals surface area (Å²) >= 11 is 0. The van der Waals surface area contributed by atoms with E-state index in [1.165, 1.54) is 12.1 Å². The monoisotopic (exact) mass is 346 g/mol. The topological polar surface area (TPSA) is 55.1 Å². The van der Waals surface area contributed by atoms with Gasteiger partial charge in [0.05, 0.1) is 5.56 Å². The molecule has 5 heteroatoms. The molecule has 0 aliphatic rings. The smallest absolute Gasteiger partial charge is 0.258 e. The Kier molecular flexibility index (Phi) is 3.97. The van der Waals surface area contributed by atoms with Crippen molar-refractivity contribution in [2.45, 2.75) is 6.92 Å². The number of halogens is 1. The summed E-state index contributed by atoms with van der Waals surface area (Å²) in [7, 11) is 0. The van der Waals surface area contributed by atoms with Crippen LogP contribution in [0.25, 0.3) is 22.6 Å². The molecular weight excluding hydrogens is 331 g/mol. The number of fused-ring (bicyclic) bond motifs is 1. The third kappa shape index (κ3) is 3.07. The molecule has 0 aliphatic carbocycles. The molecule has 3 aromatic carbocycles. The molecule has 0 saturated heterocycles. The molecule has 4 aromatic rings. The molecule has 128 valence electrons. The summed E-state index contributed by atoms with van der Waals surface area (Å²) in [5.74, 6) is -0.600.